The van der Waals surface area contributed by atoms with Gasteiger partial charge in [-0.25, -0.2) is 0 Å². The van der Waals surface area contributed by atoms with Crippen LogP contribution in [-0.4, -0.2) is 32.0 Å². The second-order valence-corrected chi connectivity index (χ2v) is 5.00. The molecule has 0 atom stereocenters. The molecule has 0 radical (unpaired) electrons. The van der Waals surface area contributed by atoms with Crippen molar-refractivity contribution in [3.8, 4) is 0 Å². The van der Waals surface area contributed by atoms with Crippen molar-refractivity contribution in [3.05, 3.63) is 24.3 Å². The second kappa shape index (κ2) is 9.47. The number of para-hydroxylation sites is 1. The monoisotopic (exact) mass is 292 g/mol. The lowest BCUT2D eigenvalue weighted by Crippen LogP contribution is -2.25. The standard InChI is InChI=1S/C14H21BN2O2S/c15-11-6-3-4-7-12(11)17-13(18)8-2-1-5-9-16-14(19)10-20/h3-4,6-7,20H,1-2,5,8-10,15H2,(H,16,19)(H,17,18). The number of amides is 2. The predicted molar refractivity (Wildman–Crippen MR) is 88.6 cm³/mol. The maximum atomic E-state index is 11.8. The van der Waals surface area contributed by atoms with Crippen molar-refractivity contribution in [1.29, 1.82) is 0 Å². The predicted octanol–water partition coefficient (Wildman–Crippen LogP) is 0.490. The van der Waals surface area contributed by atoms with Gasteiger partial charge >= 0.3 is 0 Å². The van der Waals surface area contributed by atoms with Gasteiger partial charge in [-0.15, -0.1) is 0 Å². The van der Waals surface area contributed by atoms with Crippen LogP contribution in [0.4, 0.5) is 5.69 Å². The third-order valence-electron chi connectivity index (χ3n) is 2.97. The lowest BCUT2D eigenvalue weighted by molar-refractivity contribution is -0.118. The molecule has 1 aromatic carbocycles. The van der Waals surface area contributed by atoms with Gasteiger partial charge in [0.25, 0.3) is 0 Å². The van der Waals surface area contributed by atoms with E-state index in [-0.39, 0.29) is 17.6 Å². The van der Waals surface area contributed by atoms with E-state index >= 15 is 0 Å². The van der Waals surface area contributed by atoms with Gasteiger partial charge < -0.3 is 10.6 Å². The summed E-state index contributed by atoms with van der Waals surface area (Å²) in [4.78, 5) is 22.7. The zero-order valence-corrected chi connectivity index (χ0v) is 12.7. The van der Waals surface area contributed by atoms with Crippen LogP contribution in [0.2, 0.25) is 0 Å². The third kappa shape index (κ3) is 6.66. The first-order valence-corrected chi connectivity index (χ1v) is 7.49. The number of nitrogens with one attached hydrogen (secondary N) is 2. The summed E-state index contributed by atoms with van der Waals surface area (Å²) in [5.41, 5.74) is 1.94. The summed E-state index contributed by atoms with van der Waals surface area (Å²) < 4.78 is 0. The van der Waals surface area contributed by atoms with E-state index in [0.29, 0.717) is 13.0 Å². The summed E-state index contributed by atoms with van der Waals surface area (Å²) >= 11 is 3.88. The Morgan fingerprint density at radius 2 is 1.85 bits per heavy atom. The topological polar surface area (TPSA) is 58.2 Å². The van der Waals surface area contributed by atoms with Crippen LogP contribution in [0.1, 0.15) is 25.7 Å². The van der Waals surface area contributed by atoms with Crippen LogP contribution < -0.4 is 16.1 Å². The fourth-order valence-electron chi connectivity index (χ4n) is 1.80. The minimum Gasteiger partial charge on any atom is -0.355 e. The van der Waals surface area contributed by atoms with Crippen molar-refractivity contribution < 1.29 is 9.59 Å². The number of carbonyl (C=O) groups excluding carboxylic acids is 2. The van der Waals surface area contributed by atoms with Crippen molar-refractivity contribution in [2.45, 2.75) is 25.7 Å². The first kappa shape index (κ1) is 16.6. The molecule has 20 heavy (non-hydrogen) atoms. The molecule has 0 aliphatic rings. The van der Waals surface area contributed by atoms with Gasteiger partial charge in [-0.2, -0.15) is 12.6 Å². The van der Waals surface area contributed by atoms with Gasteiger partial charge in [-0.1, -0.05) is 30.1 Å². The van der Waals surface area contributed by atoms with Crippen LogP contribution in [0, 0.1) is 0 Å². The normalized spacial score (nSPS) is 10.1. The highest BCUT2D eigenvalue weighted by Crippen LogP contribution is 2.05. The minimum atomic E-state index is -0.0503. The molecule has 6 heteroatoms. The number of anilines is 1. The Labute approximate surface area is 126 Å². The van der Waals surface area contributed by atoms with Crippen LogP contribution in [0.25, 0.3) is 0 Å². The van der Waals surface area contributed by atoms with E-state index in [2.05, 4.69) is 23.3 Å². The van der Waals surface area contributed by atoms with Crippen molar-refractivity contribution >= 4 is 43.4 Å². The molecule has 2 N–H and O–H groups in total. The van der Waals surface area contributed by atoms with Gasteiger partial charge in [0.15, 0.2) is 0 Å². The number of thiol groups is 1. The Kier molecular flexibility index (Phi) is 7.88. The smallest absolute Gasteiger partial charge is 0.229 e. The average molecular weight is 292 g/mol. The molecule has 0 aliphatic carbocycles. The Bertz CT molecular complexity index is 455. The van der Waals surface area contributed by atoms with Crippen LogP contribution >= 0.6 is 12.6 Å². The zero-order valence-electron chi connectivity index (χ0n) is 11.8. The van der Waals surface area contributed by atoms with Crippen LogP contribution in [0.5, 0.6) is 0 Å². The summed E-state index contributed by atoms with van der Waals surface area (Å²) in [6.45, 7) is 0.652. The second-order valence-electron chi connectivity index (χ2n) is 4.68. The lowest BCUT2D eigenvalue weighted by atomic mass is 9.94. The summed E-state index contributed by atoms with van der Waals surface area (Å²) in [6.07, 6.45) is 3.15. The number of benzene rings is 1. The molecule has 0 saturated carbocycles. The molecule has 108 valence electrons. The molecule has 1 rings (SSSR count). The number of carbonyl (C=O) groups is 2. The Morgan fingerprint density at radius 3 is 2.55 bits per heavy atom. The molecule has 0 heterocycles. The fraction of sp³-hybridized carbons (Fsp3) is 0.429. The Hall–Kier alpha value is -1.43. The number of hydrogen-bond donors (Lipinski definition) is 3. The van der Waals surface area contributed by atoms with Crippen molar-refractivity contribution in [3.63, 3.8) is 0 Å². The Balaban J connectivity index is 2.12. The van der Waals surface area contributed by atoms with Crippen molar-refractivity contribution in [2.24, 2.45) is 0 Å². The molecular weight excluding hydrogens is 271 g/mol. The van der Waals surface area contributed by atoms with Gasteiger partial charge in [0.1, 0.15) is 7.85 Å². The average Bonchev–Trinajstić information content (AvgIpc) is 2.44. The van der Waals surface area contributed by atoms with E-state index in [4.69, 9.17) is 0 Å². The number of rotatable bonds is 8. The first-order chi connectivity index (χ1) is 9.63. The highest BCUT2D eigenvalue weighted by atomic mass is 32.1. The minimum absolute atomic E-state index is 0.0405. The third-order valence-corrected chi connectivity index (χ3v) is 3.25. The summed E-state index contributed by atoms with van der Waals surface area (Å²) in [5.74, 6) is 0.211. The van der Waals surface area contributed by atoms with Crippen LogP contribution in [-0.2, 0) is 9.59 Å². The van der Waals surface area contributed by atoms with E-state index in [9.17, 15) is 9.59 Å². The quantitative estimate of drug-likeness (QED) is 0.371. The van der Waals surface area contributed by atoms with Crippen molar-refractivity contribution in [1.82, 2.24) is 5.32 Å². The van der Waals surface area contributed by atoms with Crippen LogP contribution in [0.3, 0.4) is 0 Å². The largest absolute Gasteiger partial charge is 0.355 e. The molecule has 0 saturated heterocycles. The van der Waals surface area contributed by atoms with Gasteiger partial charge in [0, 0.05) is 18.7 Å². The Morgan fingerprint density at radius 1 is 1.10 bits per heavy atom. The molecule has 0 aromatic heterocycles. The first-order valence-electron chi connectivity index (χ1n) is 6.86. The molecule has 2 amide bonds. The molecule has 0 bridgehead atoms. The van der Waals surface area contributed by atoms with E-state index in [1.54, 1.807) is 0 Å². The number of unbranched alkanes of at least 4 members (excludes halogenated alkanes) is 2. The molecule has 0 aliphatic heterocycles. The number of hydrogen-bond acceptors (Lipinski definition) is 3. The highest BCUT2D eigenvalue weighted by Gasteiger charge is 2.04. The molecule has 0 fully saturated rings. The highest BCUT2D eigenvalue weighted by molar-refractivity contribution is 7.81. The van der Waals surface area contributed by atoms with E-state index in [1.165, 1.54) is 0 Å². The van der Waals surface area contributed by atoms with E-state index in [0.717, 1.165) is 30.4 Å². The summed E-state index contributed by atoms with van der Waals surface area (Å²) in [7, 11) is 1.97. The SMILES string of the molecule is Bc1ccccc1NC(=O)CCCCCNC(=O)CS. The van der Waals surface area contributed by atoms with Gasteiger partial charge in [0.2, 0.25) is 11.8 Å². The molecule has 0 spiro atoms. The van der Waals surface area contributed by atoms with Crippen molar-refractivity contribution in [2.75, 3.05) is 17.6 Å². The van der Waals surface area contributed by atoms with Gasteiger partial charge in [0.05, 0.1) is 5.75 Å². The lowest BCUT2D eigenvalue weighted by Gasteiger charge is -2.08. The maximum absolute atomic E-state index is 11.8. The summed E-state index contributed by atoms with van der Waals surface area (Å²) in [6, 6.07) is 7.73. The van der Waals surface area contributed by atoms with E-state index in [1.807, 2.05) is 32.1 Å². The van der Waals surface area contributed by atoms with Gasteiger partial charge in [-0.05, 0) is 18.9 Å². The van der Waals surface area contributed by atoms with Gasteiger partial charge in [-0.3, -0.25) is 9.59 Å². The maximum Gasteiger partial charge on any atom is 0.229 e. The zero-order chi connectivity index (χ0) is 14.8. The fourth-order valence-corrected chi connectivity index (χ4v) is 1.91. The molecule has 4 nitrogen and oxygen atoms in total. The molecule has 1 aromatic rings. The van der Waals surface area contributed by atoms with E-state index < -0.39 is 0 Å². The molecular formula is C14H21BN2O2S. The summed E-state index contributed by atoms with van der Waals surface area (Å²) in [5, 5.41) is 5.66. The van der Waals surface area contributed by atoms with Crippen LogP contribution in [0.15, 0.2) is 24.3 Å². The molecule has 0 unspecified atom stereocenters.